The standard InChI is InChI=1S/C14H20O3/c1-4-5-6-10-7-13(15-2)11-8-17-9-12(11)14(10)16-3/h7H,4-6,8-9H2,1-3H3. The van der Waals surface area contributed by atoms with Crippen molar-refractivity contribution in [2.75, 3.05) is 14.2 Å². The summed E-state index contributed by atoms with van der Waals surface area (Å²) in [5.41, 5.74) is 3.54. The van der Waals surface area contributed by atoms with Crippen molar-refractivity contribution in [2.45, 2.75) is 39.4 Å². The summed E-state index contributed by atoms with van der Waals surface area (Å²) in [6, 6.07) is 2.10. The zero-order valence-electron chi connectivity index (χ0n) is 10.8. The van der Waals surface area contributed by atoms with E-state index in [0.717, 1.165) is 29.0 Å². The van der Waals surface area contributed by atoms with Gasteiger partial charge in [-0.2, -0.15) is 0 Å². The number of benzene rings is 1. The van der Waals surface area contributed by atoms with Crippen LogP contribution in [0.2, 0.25) is 0 Å². The molecule has 3 nitrogen and oxygen atoms in total. The molecule has 0 saturated heterocycles. The van der Waals surface area contributed by atoms with Gasteiger partial charge in [0.2, 0.25) is 0 Å². The largest absolute Gasteiger partial charge is 0.496 e. The van der Waals surface area contributed by atoms with Crippen molar-refractivity contribution >= 4 is 0 Å². The van der Waals surface area contributed by atoms with Crippen LogP contribution in [0.15, 0.2) is 6.07 Å². The third-order valence-electron chi connectivity index (χ3n) is 3.25. The fourth-order valence-electron chi connectivity index (χ4n) is 2.35. The van der Waals surface area contributed by atoms with E-state index >= 15 is 0 Å². The van der Waals surface area contributed by atoms with Crippen LogP contribution in [0.25, 0.3) is 0 Å². The molecule has 1 aromatic carbocycles. The van der Waals surface area contributed by atoms with Crippen molar-refractivity contribution in [3.05, 3.63) is 22.8 Å². The van der Waals surface area contributed by atoms with Gasteiger partial charge in [0.05, 0.1) is 27.4 Å². The molecule has 94 valence electrons. The zero-order chi connectivity index (χ0) is 12.3. The van der Waals surface area contributed by atoms with Crippen molar-refractivity contribution in [2.24, 2.45) is 0 Å². The van der Waals surface area contributed by atoms with E-state index < -0.39 is 0 Å². The molecule has 0 N–H and O–H groups in total. The van der Waals surface area contributed by atoms with E-state index in [4.69, 9.17) is 14.2 Å². The van der Waals surface area contributed by atoms with Crippen molar-refractivity contribution in [3.8, 4) is 11.5 Å². The third-order valence-corrected chi connectivity index (χ3v) is 3.25. The normalized spacial score (nSPS) is 13.6. The number of ether oxygens (including phenoxy) is 3. The van der Waals surface area contributed by atoms with Gasteiger partial charge < -0.3 is 14.2 Å². The Morgan fingerprint density at radius 3 is 2.59 bits per heavy atom. The van der Waals surface area contributed by atoms with Gasteiger partial charge in [-0.15, -0.1) is 0 Å². The Hall–Kier alpha value is -1.22. The van der Waals surface area contributed by atoms with Gasteiger partial charge in [0.25, 0.3) is 0 Å². The second-order valence-corrected chi connectivity index (χ2v) is 4.32. The number of unbranched alkanes of at least 4 members (excludes halogenated alkanes) is 1. The summed E-state index contributed by atoms with van der Waals surface area (Å²) in [5.74, 6) is 1.93. The van der Waals surface area contributed by atoms with Gasteiger partial charge >= 0.3 is 0 Å². The van der Waals surface area contributed by atoms with Gasteiger partial charge in [-0.1, -0.05) is 13.3 Å². The molecule has 1 heterocycles. The van der Waals surface area contributed by atoms with Crippen LogP contribution in [0.1, 0.15) is 36.5 Å². The zero-order valence-corrected chi connectivity index (χ0v) is 10.8. The highest BCUT2D eigenvalue weighted by molar-refractivity contribution is 5.54. The van der Waals surface area contributed by atoms with Gasteiger partial charge in [0.15, 0.2) is 0 Å². The van der Waals surface area contributed by atoms with E-state index in [0.29, 0.717) is 13.2 Å². The molecule has 0 fully saturated rings. The lowest BCUT2D eigenvalue weighted by Gasteiger charge is -2.15. The second kappa shape index (κ2) is 5.41. The van der Waals surface area contributed by atoms with Crippen molar-refractivity contribution in [1.82, 2.24) is 0 Å². The maximum absolute atomic E-state index is 5.55. The molecule has 2 rings (SSSR count). The summed E-state index contributed by atoms with van der Waals surface area (Å²) < 4.78 is 16.5. The van der Waals surface area contributed by atoms with Crippen LogP contribution in [0.4, 0.5) is 0 Å². The van der Waals surface area contributed by atoms with Gasteiger partial charge in [-0.3, -0.25) is 0 Å². The predicted octanol–water partition coefficient (Wildman–Crippen LogP) is 3.08. The highest BCUT2D eigenvalue weighted by atomic mass is 16.5. The highest BCUT2D eigenvalue weighted by Crippen LogP contribution is 2.39. The number of aryl methyl sites for hydroxylation is 1. The maximum atomic E-state index is 5.55. The molecule has 0 unspecified atom stereocenters. The average molecular weight is 236 g/mol. The lowest BCUT2D eigenvalue weighted by atomic mass is 9.99. The van der Waals surface area contributed by atoms with Crippen LogP contribution in [-0.4, -0.2) is 14.2 Å². The molecule has 1 aliphatic heterocycles. The molecule has 0 atom stereocenters. The molecule has 1 aromatic rings. The molecule has 0 radical (unpaired) electrons. The van der Waals surface area contributed by atoms with Crippen LogP contribution in [0.3, 0.4) is 0 Å². The Morgan fingerprint density at radius 2 is 1.94 bits per heavy atom. The van der Waals surface area contributed by atoms with Gasteiger partial charge in [-0.05, 0) is 24.5 Å². The molecule has 0 aliphatic carbocycles. The lowest BCUT2D eigenvalue weighted by Crippen LogP contribution is -2.00. The smallest absolute Gasteiger partial charge is 0.128 e. The maximum Gasteiger partial charge on any atom is 0.128 e. The van der Waals surface area contributed by atoms with Crippen LogP contribution >= 0.6 is 0 Å². The first-order valence-electron chi connectivity index (χ1n) is 6.15. The first-order valence-corrected chi connectivity index (χ1v) is 6.15. The molecular weight excluding hydrogens is 216 g/mol. The first-order chi connectivity index (χ1) is 8.31. The van der Waals surface area contributed by atoms with E-state index in [1.807, 2.05) is 0 Å². The van der Waals surface area contributed by atoms with Gasteiger partial charge in [0.1, 0.15) is 11.5 Å². The summed E-state index contributed by atoms with van der Waals surface area (Å²) in [5, 5.41) is 0. The number of methoxy groups -OCH3 is 2. The number of rotatable bonds is 5. The number of fused-ring (bicyclic) bond motifs is 1. The molecule has 3 heteroatoms. The molecule has 0 bridgehead atoms. The quantitative estimate of drug-likeness (QED) is 0.786. The van der Waals surface area contributed by atoms with E-state index in [1.165, 1.54) is 18.4 Å². The minimum atomic E-state index is 0.628. The summed E-state index contributed by atoms with van der Waals surface area (Å²) in [7, 11) is 3.44. The fraction of sp³-hybridized carbons (Fsp3) is 0.571. The molecule has 1 aliphatic rings. The second-order valence-electron chi connectivity index (χ2n) is 4.32. The van der Waals surface area contributed by atoms with Crippen LogP contribution in [0, 0.1) is 0 Å². The van der Waals surface area contributed by atoms with Crippen LogP contribution in [-0.2, 0) is 24.4 Å². The van der Waals surface area contributed by atoms with Gasteiger partial charge in [0, 0.05) is 11.1 Å². The van der Waals surface area contributed by atoms with Crippen molar-refractivity contribution in [1.29, 1.82) is 0 Å². The SMILES string of the molecule is CCCCc1cc(OC)c2c(c1OC)COC2. The topological polar surface area (TPSA) is 27.7 Å². The monoisotopic (exact) mass is 236 g/mol. The molecular formula is C14H20O3. The van der Waals surface area contributed by atoms with Gasteiger partial charge in [-0.25, -0.2) is 0 Å². The Bertz CT molecular complexity index is 399. The van der Waals surface area contributed by atoms with E-state index in [9.17, 15) is 0 Å². The Kier molecular flexibility index (Phi) is 3.89. The molecule has 17 heavy (non-hydrogen) atoms. The van der Waals surface area contributed by atoms with Crippen molar-refractivity contribution in [3.63, 3.8) is 0 Å². The predicted molar refractivity (Wildman–Crippen MR) is 66.7 cm³/mol. The van der Waals surface area contributed by atoms with E-state index in [2.05, 4.69) is 13.0 Å². The first kappa shape index (κ1) is 12.2. The average Bonchev–Trinajstić information content (AvgIpc) is 2.83. The summed E-state index contributed by atoms with van der Waals surface area (Å²) >= 11 is 0. The molecule has 0 spiro atoms. The fourth-order valence-corrected chi connectivity index (χ4v) is 2.35. The molecule has 0 saturated carbocycles. The summed E-state index contributed by atoms with van der Waals surface area (Å²) in [6.07, 6.45) is 3.38. The van der Waals surface area contributed by atoms with Crippen LogP contribution in [0.5, 0.6) is 11.5 Å². The Morgan fingerprint density at radius 1 is 1.18 bits per heavy atom. The van der Waals surface area contributed by atoms with E-state index in [1.54, 1.807) is 14.2 Å². The number of hydrogen-bond acceptors (Lipinski definition) is 3. The Balaban J connectivity index is 2.43. The minimum Gasteiger partial charge on any atom is -0.496 e. The number of hydrogen-bond donors (Lipinski definition) is 0. The van der Waals surface area contributed by atoms with Crippen molar-refractivity contribution < 1.29 is 14.2 Å². The minimum absolute atomic E-state index is 0.628. The van der Waals surface area contributed by atoms with Crippen LogP contribution < -0.4 is 9.47 Å². The van der Waals surface area contributed by atoms with E-state index in [-0.39, 0.29) is 0 Å². The Labute approximate surface area is 103 Å². The highest BCUT2D eigenvalue weighted by Gasteiger charge is 2.23. The summed E-state index contributed by atoms with van der Waals surface area (Å²) in [6.45, 7) is 3.46. The third kappa shape index (κ3) is 2.25. The lowest BCUT2D eigenvalue weighted by molar-refractivity contribution is 0.132. The molecule has 0 aromatic heterocycles. The molecule has 0 amide bonds. The summed E-state index contributed by atoms with van der Waals surface area (Å²) in [4.78, 5) is 0.